The first-order chi connectivity index (χ1) is 8.83. The summed E-state index contributed by atoms with van der Waals surface area (Å²) in [6, 6.07) is 17.5. The molecule has 0 unspecified atom stereocenters. The Bertz CT molecular complexity index is 466. The summed E-state index contributed by atoms with van der Waals surface area (Å²) in [5.41, 5.74) is 0. The molecular weight excluding hydrogens is 244 g/mol. The van der Waals surface area contributed by atoms with Crippen LogP contribution in [0.25, 0.3) is 0 Å². The predicted octanol–water partition coefficient (Wildman–Crippen LogP) is 2.20. The van der Waals surface area contributed by atoms with E-state index < -0.39 is 9.28 Å². The Morgan fingerprint density at radius 1 is 0.722 bits per heavy atom. The van der Waals surface area contributed by atoms with Crippen LogP contribution < -0.4 is 9.92 Å². The molecule has 18 heavy (non-hydrogen) atoms. The smallest absolute Gasteiger partial charge is 0.355 e. The molecule has 0 saturated heterocycles. The van der Waals surface area contributed by atoms with Crippen molar-refractivity contribution in [2.75, 3.05) is 14.2 Å². The minimum Gasteiger partial charge on any atom is -0.457 e. The lowest BCUT2D eigenvalue weighted by molar-refractivity contribution is 0.292. The van der Waals surface area contributed by atoms with Crippen molar-refractivity contribution in [2.24, 2.45) is 0 Å². The normalized spacial score (nSPS) is 10.6. The van der Waals surface area contributed by atoms with Gasteiger partial charge in [-0.3, -0.25) is 0 Å². The minimum atomic E-state index is -1.71. The van der Waals surface area contributed by atoms with Gasteiger partial charge in [0.1, 0.15) is 11.5 Å². The van der Waals surface area contributed by atoms with E-state index >= 15 is 0 Å². The first-order valence-corrected chi connectivity index (χ1v) is 7.24. The van der Waals surface area contributed by atoms with E-state index in [1.807, 2.05) is 54.6 Å². The first-order valence-electron chi connectivity index (χ1n) is 5.72. The van der Waals surface area contributed by atoms with Crippen LogP contribution in [-0.4, -0.2) is 23.5 Å². The van der Waals surface area contributed by atoms with E-state index in [0.29, 0.717) is 0 Å². The molecule has 0 spiro atoms. The van der Waals surface area contributed by atoms with Gasteiger partial charge in [-0.1, -0.05) is 30.3 Å². The Kier molecular flexibility index (Phi) is 4.52. The van der Waals surface area contributed by atoms with Crippen molar-refractivity contribution in [3.05, 3.63) is 54.6 Å². The Labute approximate surface area is 109 Å². The molecule has 0 aromatic heterocycles. The third-order valence-corrected chi connectivity index (χ3v) is 4.34. The molecule has 0 saturated carbocycles. The number of rotatable bonds is 5. The summed E-state index contributed by atoms with van der Waals surface area (Å²) >= 11 is 0. The van der Waals surface area contributed by atoms with Crippen LogP contribution in [0.4, 0.5) is 0 Å². The van der Waals surface area contributed by atoms with Gasteiger partial charge in [-0.25, -0.2) is 0 Å². The number of ether oxygens (including phenoxy) is 1. The summed E-state index contributed by atoms with van der Waals surface area (Å²) in [5, 5.41) is 1.10. The molecule has 0 aliphatic carbocycles. The van der Waals surface area contributed by atoms with E-state index in [1.165, 1.54) is 0 Å². The molecule has 94 valence electrons. The summed E-state index contributed by atoms with van der Waals surface area (Å²) in [5.74, 6) is 1.64. The van der Waals surface area contributed by atoms with Crippen molar-refractivity contribution in [1.82, 2.24) is 0 Å². The molecule has 0 aliphatic rings. The fourth-order valence-corrected chi connectivity index (χ4v) is 2.93. The second kappa shape index (κ2) is 6.35. The third-order valence-electron chi connectivity index (χ3n) is 2.56. The third kappa shape index (κ3) is 3.19. The van der Waals surface area contributed by atoms with Crippen LogP contribution in [0.5, 0.6) is 11.5 Å². The van der Waals surface area contributed by atoms with E-state index in [4.69, 9.17) is 13.6 Å². The molecule has 2 aromatic carbocycles. The fraction of sp³-hybridized carbons (Fsp3) is 0.143. The van der Waals surface area contributed by atoms with Crippen molar-refractivity contribution < 1.29 is 13.6 Å². The van der Waals surface area contributed by atoms with Crippen LogP contribution in [0.2, 0.25) is 0 Å². The van der Waals surface area contributed by atoms with Gasteiger partial charge in [0.2, 0.25) is 0 Å². The summed E-state index contributed by atoms with van der Waals surface area (Å²) < 4.78 is 16.4. The molecule has 3 nitrogen and oxygen atoms in total. The highest BCUT2D eigenvalue weighted by molar-refractivity contribution is 6.61. The zero-order chi connectivity index (χ0) is 12.8. The van der Waals surface area contributed by atoms with Gasteiger partial charge >= 0.3 is 9.28 Å². The van der Waals surface area contributed by atoms with Crippen molar-refractivity contribution in [3.63, 3.8) is 0 Å². The Hall–Kier alpha value is -1.62. The van der Waals surface area contributed by atoms with Crippen molar-refractivity contribution >= 4 is 14.5 Å². The van der Waals surface area contributed by atoms with Crippen LogP contribution in [0.15, 0.2) is 54.6 Å². The summed E-state index contributed by atoms with van der Waals surface area (Å²) in [6.45, 7) is 0. The van der Waals surface area contributed by atoms with Crippen LogP contribution in [-0.2, 0) is 8.85 Å². The molecule has 0 N–H and O–H groups in total. The Balaban J connectivity index is 2.08. The number of para-hydroxylation sites is 1. The number of hydrogen-bond acceptors (Lipinski definition) is 3. The second-order valence-corrected chi connectivity index (χ2v) is 6.06. The average Bonchev–Trinajstić information content (AvgIpc) is 2.43. The van der Waals surface area contributed by atoms with E-state index in [1.54, 1.807) is 14.2 Å². The SMILES string of the molecule is CO[SiH](OC)c1ccc(Oc2ccccc2)cc1. The highest BCUT2D eigenvalue weighted by Crippen LogP contribution is 2.19. The molecule has 0 aliphatic heterocycles. The van der Waals surface area contributed by atoms with Gasteiger partial charge in [0.05, 0.1) is 0 Å². The maximum Gasteiger partial charge on any atom is 0.355 e. The number of hydrogen-bond donors (Lipinski definition) is 0. The van der Waals surface area contributed by atoms with E-state index in [0.717, 1.165) is 16.7 Å². The van der Waals surface area contributed by atoms with Crippen LogP contribution in [0.3, 0.4) is 0 Å². The first kappa shape index (κ1) is 12.8. The maximum absolute atomic E-state index is 5.71. The molecule has 2 rings (SSSR count). The van der Waals surface area contributed by atoms with Gasteiger partial charge in [-0.15, -0.1) is 0 Å². The second-order valence-electron chi connectivity index (χ2n) is 3.79. The lowest BCUT2D eigenvalue weighted by atomic mass is 10.3. The molecule has 2 aromatic rings. The zero-order valence-corrected chi connectivity index (χ0v) is 11.7. The van der Waals surface area contributed by atoms with Gasteiger partial charge in [-0.2, -0.15) is 0 Å². The zero-order valence-electron chi connectivity index (χ0n) is 10.5. The van der Waals surface area contributed by atoms with Gasteiger partial charge in [0.25, 0.3) is 0 Å². The fourth-order valence-electron chi connectivity index (χ4n) is 1.69. The lowest BCUT2D eigenvalue weighted by Crippen LogP contribution is -2.34. The highest BCUT2D eigenvalue weighted by atomic mass is 28.3. The molecule has 0 bridgehead atoms. The molecule has 4 heteroatoms. The predicted molar refractivity (Wildman–Crippen MR) is 73.8 cm³/mol. The lowest BCUT2D eigenvalue weighted by Gasteiger charge is -2.12. The molecule has 0 heterocycles. The van der Waals surface area contributed by atoms with E-state index in [9.17, 15) is 0 Å². The number of benzene rings is 2. The van der Waals surface area contributed by atoms with Gasteiger partial charge in [0.15, 0.2) is 0 Å². The topological polar surface area (TPSA) is 27.7 Å². The van der Waals surface area contributed by atoms with Crippen LogP contribution >= 0.6 is 0 Å². The Morgan fingerprint density at radius 2 is 1.28 bits per heavy atom. The standard InChI is InChI=1S/C14H16O3Si/c1-15-18(16-2)14-10-8-13(9-11-14)17-12-6-4-3-5-7-12/h3-11,18H,1-2H3. The highest BCUT2D eigenvalue weighted by Gasteiger charge is 2.12. The van der Waals surface area contributed by atoms with Crippen molar-refractivity contribution in [1.29, 1.82) is 0 Å². The Morgan fingerprint density at radius 3 is 1.83 bits per heavy atom. The van der Waals surface area contributed by atoms with E-state index in [2.05, 4.69) is 0 Å². The van der Waals surface area contributed by atoms with Crippen LogP contribution in [0, 0.1) is 0 Å². The summed E-state index contributed by atoms with van der Waals surface area (Å²) in [6.07, 6.45) is 0. The minimum absolute atomic E-state index is 0.810. The van der Waals surface area contributed by atoms with Crippen LogP contribution in [0.1, 0.15) is 0 Å². The monoisotopic (exact) mass is 260 g/mol. The van der Waals surface area contributed by atoms with E-state index in [-0.39, 0.29) is 0 Å². The molecular formula is C14H16O3Si. The largest absolute Gasteiger partial charge is 0.457 e. The average molecular weight is 260 g/mol. The van der Waals surface area contributed by atoms with Crippen molar-refractivity contribution in [2.45, 2.75) is 0 Å². The molecule has 0 radical (unpaired) electrons. The summed E-state index contributed by atoms with van der Waals surface area (Å²) in [7, 11) is 1.64. The van der Waals surface area contributed by atoms with Gasteiger partial charge in [0, 0.05) is 14.2 Å². The quantitative estimate of drug-likeness (QED) is 0.771. The van der Waals surface area contributed by atoms with Gasteiger partial charge in [-0.05, 0) is 29.5 Å². The maximum atomic E-state index is 5.71. The van der Waals surface area contributed by atoms with Crippen molar-refractivity contribution in [3.8, 4) is 11.5 Å². The molecule has 0 fully saturated rings. The molecule has 0 atom stereocenters. The summed E-state index contributed by atoms with van der Waals surface area (Å²) in [4.78, 5) is 0. The molecule has 0 amide bonds. The van der Waals surface area contributed by atoms with Gasteiger partial charge < -0.3 is 13.6 Å².